The van der Waals surface area contributed by atoms with Crippen molar-refractivity contribution in [3.63, 3.8) is 0 Å². The molecule has 92 valence electrons. The Morgan fingerprint density at radius 1 is 1.47 bits per heavy atom. The number of aromatic amines is 1. The number of hydrogen-bond donors (Lipinski definition) is 2. The van der Waals surface area contributed by atoms with Gasteiger partial charge in [-0.15, -0.1) is 0 Å². The molecule has 0 saturated carbocycles. The third kappa shape index (κ3) is 2.52. The van der Waals surface area contributed by atoms with Gasteiger partial charge in [-0.1, -0.05) is 0 Å². The number of aliphatic carboxylic acids is 1. The fraction of sp³-hybridized carbons (Fsp3) is 0.444. The summed E-state index contributed by atoms with van der Waals surface area (Å²) in [5.41, 5.74) is -0.0419. The molecule has 8 heteroatoms. The molecule has 0 atom stereocenters. The van der Waals surface area contributed by atoms with Crippen molar-refractivity contribution >= 4 is 15.8 Å². The molecule has 1 aliphatic rings. The summed E-state index contributed by atoms with van der Waals surface area (Å²) in [6, 6.07) is 0. The van der Waals surface area contributed by atoms with Crippen molar-refractivity contribution in [3.05, 3.63) is 27.4 Å². The second kappa shape index (κ2) is 3.95. The third-order valence-corrected chi connectivity index (χ3v) is 4.04. The van der Waals surface area contributed by atoms with Gasteiger partial charge in [-0.05, 0) is 0 Å². The summed E-state index contributed by atoms with van der Waals surface area (Å²) in [4.78, 5) is 28.4. The predicted molar refractivity (Wildman–Crippen MR) is 57.4 cm³/mol. The van der Waals surface area contributed by atoms with E-state index in [9.17, 15) is 18.0 Å². The average molecular weight is 258 g/mol. The van der Waals surface area contributed by atoms with Gasteiger partial charge in [0.1, 0.15) is 12.2 Å². The maximum absolute atomic E-state index is 11.6. The minimum Gasteiger partial charge on any atom is -0.481 e. The zero-order valence-corrected chi connectivity index (χ0v) is 9.58. The lowest BCUT2D eigenvalue weighted by Gasteiger charge is -2.14. The highest BCUT2D eigenvalue weighted by Crippen LogP contribution is 2.15. The molecule has 17 heavy (non-hydrogen) atoms. The molecule has 1 aromatic rings. The first-order chi connectivity index (χ1) is 7.87. The monoisotopic (exact) mass is 258 g/mol. The molecule has 2 heterocycles. The van der Waals surface area contributed by atoms with Gasteiger partial charge in [-0.3, -0.25) is 9.59 Å². The number of carbonyl (C=O) groups is 1. The van der Waals surface area contributed by atoms with Gasteiger partial charge in [-0.25, -0.2) is 13.4 Å². The first kappa shape index (κ1) is 11.8. The van der Waals surface area contributed by atoms with Gasteiger partial charge >= 0.3 is 5.97 Å². The molecule has 0 aliphatic carbocycles. The van der Waals surface area contributed by atoms with Gasteiger partial charge in [0.2, 0.25) is 0 Å². The topological polar surface area (TPSA) is 117 Å². The highest BCUT2D eigenvalue weighted by atomic mass is 32.2. The number of aromatic nitrogens is 2. The lowest BCUT2D eigenvalue weighted by molar-refractivity contribution is -0.136. The molecule has 7 nitrogen and oxygen atoms in total. The van der Waals surface area contributed by atoms with Crippen molar-refractivity contribution in [1.29, 1.82) is 0 Å². The highest BCUT2D eigenvalue weighted by Gasteiger charge is 2.25. The van der Waals surface area contributed by atoms with E-state index in [1.54, 1.807) is 0 Å². The zero-order chi connectivity index (χ0) is 12.6. The summed E-state index contributed by atoms with van der Waals surface area (Å²) >= 11 is 0. The van der Waals surface area contributed by atoms with Crippen LogP contribution in [0.3, 0.4) is 0 Å². The Morgan fingerprint density at radius 2 is 2.18 bits per heavy atom. The highest BCUT2D eigenvalue weighted by molar-refractivity contribution is 7.90. The number of H-pyrrole nitrogens is 1. The van der Waals surface area contributed by atoms with Crippen molar-refractivity contribution in [3.8, 4) is 0 Å². The van der Waals surface area contributed by atoms with Crippen LogP contribution in [0.25, 0.3) is 0 Å². The minimum atomic E-state index is -3.23. The van der Waals surface area contributed by atoms with Crippen LogP contribution in [0.2, 0.25) is 0 Å². The Bertz CT molecular complexity index is 631. The zero-order valence-electron chi connectivity index (χ0n) is 8.76. The number of carboxylic acid groups (broad SMARTS) is 1. The van der Waals surface area contributed by atoms with Gasteiger partial charge in [0, 0.05) is 6.42 Å². The van der Waals surface area contributed by atoms with Gasteiger partial charge in [0.05, 0.1) is 22.8 Å². The maximum atomic E-state index is 11.6. The molecule has 0 spiro atoms. The fourth-order valence-electron chi connectivity index (χ4n) is 1.72. The van der Waals surface area contributed by atoms with Crippen molar-refractivity contribution in [1.82, 2.24) is 9.97 Å². The Kier molecular flexibility index (Phi) is 2.74. The summed E-state index contributed by atoms with van der Waals surface area (Å²) in [6.45, 7) is 0. The number of nitrogens with zero attached hydrogens (tertiary/aromatic N) is 1. The molecule has 0 amide bonds. The molecule has 1 aliphatic heterocycles. The Balaban J connectivity index is 2.47. The molecular formula is C9H10N2O5S. The summed E-state index contributed by atoms with van der Waals surface area (Å²) in [7, 11) is -3.23. The SMILES string of the molecule is O=C(O)Cc1nc2c(c(=O)[nH]1)CS(=O)(=O)CC2. The second-order valence-electron chi connectivity index (χ2n) is 3.85. The van der Waals surface area contributed by atoms with Gasteiger partial charge in [-0.2, -0.15) is 0 Å². The molecular weight excluding hydrogens is 248 g/mol. The number of sulfone groups is 1. The number of rotatable bonds is 2. The van der Waals surface area contributed by atoms with Crippen molar-refractivity contribution < 1.29 is 18.3 Å². The first-order valence-electron chi connectivity index (χ1n) is 4.90. The lowest BCUT2D eigenvalue weighted by atomic mass is 10.2. The van der Waals surface area contributed by atoms with Crippen LogP contribution in [-0.2, 0) is 33.2 Å². The summed E-state index contributed by atoms with van der Waals surface area (Å²) < 4.78 is 22.7. The van der Waals surface area contributed by atoms with Crippen LogP contribution in [-0.4, -0.2) is 35.2 Å². The van der Waals surface area contributed by atoms with Crippen LogP contribution in [0.4, 0.5) is 0 Å². The van der Waals surface area contributed by atoms with Crippen molar-refractivity contribution in [2.75, 3.05) is 5.75 Å². The van der Waals surface area contributed by atoms with Crippen LogP contribution in [0, 0.1) is 0 Å². The average Bonchev–Trinajstić information content (AvgIpc) is 2.18. The largest absolute Gasteiger partial charge is 0.481 e. The Labute approximate surface area is 96.4 Å². The normalized spacial score (nSPS) is 17.4. The van der Waals surface area contributed by atoms with E-state index in [0.717, 1.165) is 0 Å². The van der Waals surface area contributed by atoms with Crippen LogP contribution in [0.5, 0.6) is 0 Å². The van der Waals surface area contributed by atoms with E-state index in [0.29, 0.717) is 5.69 Å². The summed E-state index contributed by atoms with van der Waals surface area (Å²) in [6.07, 6.45) is -0.219. The molecule has 0 radical (unpaired) electrons. The molecule has 0 saturated heterocycles. The number of carboxylic acids is 1. The van der Waals surface area contributed by atoms with E-state index < -0.39 is 21.4 Å². The molecule has 1 aromatic heterocycles. The smallest absolute Gasteiger partial charge is 0.311 e. The third-order valence-electron chi connectivity index (χ3n) is 2.48. The molecule has 0 fully saturated rings. The van der Waals surface area contributed by atoms with Crippen LogP contribution >= 0.6 is 0 Å². The molecule has 0 aromatic carbocycles. The Morgan fingerprint density at radius 3 is 2.82 bits per heavy atom. The molecule has 0 bridgehead atoms. The van der Waals surface area contributed by atoms with Crippen molar-refractivity contribution in [2.45, 2.75) is 18.6 Å². The van der Waals surface area contributed by atoms with Gasteiger partial charge in [0.15, 0.2) is 9.84 Å². The van der Waals surface area contributed by atoms with Crippen LogP contribution in [0.15, 0.2) is 4.79 Å². The number of fused-ring (bicyclic) bond motifs is 1. The standard InChI is InChI=1S/C9H10N2O5S/c12-8(13)3-7-10-6-1-2-17(15,16)4-5(6)9(14)11-7/h1-4H2,(H,12,13)(H,10,11,14). The molecule has 2 N–H and O–H groups in total. The molecule has 2 rings (SSSR count). The lowest BCUT2D eigenvalue weighted by Crippen LogP contribution is -2.29. The Hall–Kier alpha value is -1.70. The minimum absolute atomic E-state index is 0.0526. The fourth-order valence-corrected chi connectivity index (χ4v) is 3.11. The number of nitrogens with one attached hydrogen (secondary N) is 1. The van der Waals surface area contributed by atoms with E-state index in [1.807, 2.05) is 0 Å². The van der Waals surface area contributed by atoms with E-state index in [1.165, 1.54) is 0 Å². The van der Waals surface area contributed by atoms with Crippen LogP contribution in [0.1, 0.15) is 17.1 Å². The molecule has 0 unspecified atom stereocenters. The number of aryl methyl sites for hydroxylation is 1. The quantitative estimate of drug-likeness (QED) is 0.693. The van der Waals surface area contributed by atoms with E-state index in [2.05, 4.69) is 9.97 Å². The first-order valence-corrected chi connectivity index (χ1v) is 6.73. The second-order valence-corrected chi connectivity index (χ2v) is 6.03. The van der Waals surface area contributed by atoms with E-state index in [-0.39, 0.29) is 35.7 Å². The van der Waals surface area contributed by atoms with Crippen LogP contribution < -0.4 is 5.56 Å². The van der Waals surface area contributed by atoms with Gasteiger partial charge < -0.3 is 10.1 Å². The van der Waals surface area contributed by atoms with Gasteiger partial charge in [0.25, 0.3) is 5.56 Å². The van der Waals surface area contributed by atoms with E-state index in [4.69, 9.17) is 5.11 Å². The van der Waals surface area contributed by atoms with Crippen molar-refractivity contribution in [2.24, 2.45) is 0 Å². The number of hydrogen-bond acceptors (Lipinski definition) is 5. The summed E-state index contributed by atoms with van der Waals surface area (Å²) in [5, 5.41) is 8.59. The maximum Gasteiger partial charge on any atom is 0.311 e. The van der Waals surface area contributed by atoms with E-state index >= 15 is 0 Å². The predicted octanol–water partition coefficient (Wildman–Crippen LogP) is -1.13. The summed E-state index contributed by atoms with van der Waals surface area (Å²) in [5.74, 6) is -1.42.